The molecule has 0 amide bonds. The summed E-state index contributed by atoms with van der Waals surface area (Å²) in [5.41, 5.74) is -2.64. The lowest BCUT2D eigenvalue weighted by molar-refractivity contribution is -0.0499. The third-order valence-corrected chi connectivity index (χ3v) is 5.13. The second-order valence-corrected chi connectivity index (χ2v) is 8.09. The van der Waals surface area contributed by atoms with Gasteiger partial charge in [0.1, 0.15) is 5.75 Å². The Morgan fingerprint density at radius 3 is 1.88 bits per heavy atom. The van der Waals surface area contributed by atoms with Crippen LogP contribution in [0, 0.1) is 13.8 Å². The maximum atomic E-state index is 12.3. The van der Waals surface area contributed by atoms with E-state index in [0.717, 1.165) is 22.7 Å². The Morgan fingerprint density at radius 2 is 1.31 bits per heavy atom. The smallest absolute Gasteiger partial charge is 0.507 e. The molecule has 0 aliphatic rings. The molecule has 1 N–H and O–H groups in total. The summed E-state index contributed by atoms with van der Waals surface area (Å²) in [6.45, 7) is 3.64. The van der Waals surface area contributed by atoms with Crippen molar-refractivity contribution in [3.63, 3.8) is 0 Å². The summed E-state index contributed by atoms with van der Waals surface area (Å²) < 4.78 is 62.8. The van der Waals surface area contributed by atoms with Crippen molar-refractivity contribution in [2.75, 3.05) is 0 Å². The summed E-state index contributed by atoms with van der Waals surface area (Å²) >= 11 is 0. The van der Waals surface area contributed by atoms with Crippen molar-refractivity contribution in [2.45, 2.75) is 19.4 Å². The molecule has 0 radical (unpaired) electrons. The number of pyridine rings is 2. The average Bonchev–Trinajstić information content (AvgIpc) is 2.67. The van der Waals surface area contributed by atoms with Crippen molar-refractivity contribution in [3.05, 3.63) is 72.1 Å². The quantitative estimate of drug-likeness (QED) is 0.268. The largest absolute Gasteiger partial charge is 0.534 e. The molecule has 0 aliphatic heterocycles. The fourth-order valence-corrected chi connectivity index (χ4v) is 3.18. The number of benzene rings is 2. The van der Waals surface area contributed by atoms with Crippen molar-refractivity contribution in [2.24, 2.45) is 0 Å². The van der Waals surface area contributed by atoms with Gasteiger partial charge in [-0.3, -0.25) is 9.97 Å². The van der Waals surface area contributed by atoms with Crippen molar-refractivity contribution in [3.8, 4) is 11.5 Å². The van der Waals surface area contributed by atoms with E-state index in [2.05, 4.69) is 14.2 Å². The number of hydrogen-bond donors (Lipinski definition) is 1. The van der Waals surface area contributed by atoms with Crippen LogP contribution in [0.5, 0.6) is 11.5 Å². The molecule has 0 fully saturated rings. The fourth-order valence-electron chi connectivity index (χ4n) is 2.71. The number of halogens is 4. The highest BCUT2D eigenvalue weighted by Gasteiger charge is 2.48. The first-order valence-electron chi connectivity index (χ1n) is 8.90. The van der Waals surface area contributed by atoms with Crippen LogP contribution in [-0.2, 0) is 10.1 Å². The summed E-state index contributed by atoms with van der Waals surface area (Å²) in [5, 5.41) is 10.4. The maximum absolute atomic E-state index is 12.3. The first-order chi connectivity index (χ1) is 14.5. The van der Waals surface area contributed by atoms with Crippen LogP contribution in [0.15, 0.2) is 60.7 Å². The van der Waals surface area contributed by atoms with Gasteiger partial charge in [0.2, 0.25) is 0 Å². The van der Waals surface area contributed by atoms with Gasteiger partial charge in [0, 0.05) is 22.2 Å². The number of aromatic hydroxyl groups is 1. The molecule has 0 bridgehead atoms. The van der Waals surface area contributed by atoms with Gasteiger partial charge >= 0.3 is 15.6 Å². The predicted molar refractivity (Wildman–Crippen MR) is 121 cm³/mol. The number of aromatic nitrogens is 2. The highest BCUT2D eigenvalue weighted by molar-refractivity contribution is 8.93. The summed E-state index contributed by atoms with van der Waals surface area (Å²) in [6, 6.07) is 16.2. The van der Waals surface area contributed by atoms with Gasteiger partial charge in [0.15, 0.2) is 5.75 Å². The monoisotopic (exact) mass is 530 g/mol. The van der Waals surface area contributed by atoms with Crippen LogP contribution in [0.2, 0.25) is 0 Å². The van der Waals surface area contributed by atoms with Gasteiger partial charge in [-0.05, 0) is 62.4 Å². The predicted octanol–water partition coefficient (Wildman–Crippen LogP) is 5.60. The van der Waals surface area contributed by atoms with Gasteiger partial charge in [-0.15, -0.1) is 17.0 Å². The van der Waals surface area contributed by atoms with E-state index in [0.29, 0.717) is 17.0 Å². The number of rotatable bonds is 2. The zero-order valence-electron chi connectivity index (χ0n) is 16.8. The Balaban J connectivity index is 0.000000241. The topological polar surface area (TPSA) is 89.4 Å². The Labute approximate surface area is 192 Å². The summed E-state index contributed by atoms with van der Waals surface area (Å²) in [7, 11) is -5.68. The Hall–Kier alpha value is -2.92. The van der Waals surface area contributed by atoms with E-state index in [1.54, 1.807) is 31.2 Å². The van der Waals surface area contributed by atoms with Crippen molar-refractivity contribution in [1.29, 1.82) is 0 Å². The molecular formula is C21H18BrF3N2O4S. The number of phenolic OH excluding ortho intramolecular Hbond substituents is 1. The third kappa shape index (κ3) is 5.65. The Kier molecular flexibility index (Phi) is 7.68. The van der Waals surface area contributed by atoms with Crippen LogP contribution in [0.4, 0.5) is 13.2 Å². The molecule has 2 heterocycles. The summed E-state index contributed by atoms with van der Waals surface area (Å²) in [6.07, 6.45) is 0. The lowest BCUT2D eigenvalue weighted by atomic mass is 10.2. The van der Waals surface area contributed by atoms with Crippen LogP contribution >= 0.6 is 17.0 Å². The third-order valence-electron chi connectivity index (χ3n) is 4.16. The van der Waals surface area contributed by atoms with Crippen LogP contribution in [0.3, 0.4) is 0 Å². The van der Waals surface area contributed by atoms with E-state index in [4.69, 9.17) is 0 Å². The van der Waals surface area contributed by atoms with Crippen molar-refractivity contribution in [1.82, 2.24) is 9.97 Å². The van der Waals surface area contributed by atoms with E-state index < -0.39 is 21.4 Å². The lowest BCUT2D eigenvalue weighted by Gasteiger charge is -2.11. The molecule has 0 spiro atoms. The molecule has 0 atom stereocenters. The fraction of sp³-hybridized carbons (Fsp3) is 0.143. The van der Waals surface area contributed by atoms with Crippen LogP contribution in [-0.4, -0.2) is 29.0 Å². The highest BCUT2D eigenvalue weighted by Crippen LogP contribution is 2.31. The zero-order valence-corrected chi connectivity index (χ0v) is 19.3. The summed E-state index contributed by atoms with van der Waals surface area (Å²) in [5.74, 6) is -0.109. The Morgan fingerprint density at radius 1 is 0.812 bits per heavy atom. The van der Waals surface area contributed by atoms with E-state index in [-0.39, 0.29) is 22.4 Å². The average molecular weight is 531 g/mol. The Bertz CT molecular complexity index is 1360. The molecule has 0 unspecified atom stereocenters. The number of fused-ring (bicyclic) bond motifs is 2. The minimum absolute atomic E-state index is 0. The van der Waals surface area contributed by atoms with Gasteiger partial charge in [0.05, 0.1) is 11.0 Å². The van der Waals surface area contributed by atoms with Gasteiger partial charge in [-0.25, -0.2) is 0 Å². The van der Waals surface area contributed by atoms with Gasteiger partial charge in [0.25, 0.3) is 0 Å². The molecule has 6 nitrogen and oxygen atoms in total. The zero-order chi connectivity index (χ0) is 22.8. The van der Waals surface area contributed by atoms with Crippen molar-refractivity contribution < 1.29 is 30.9 Å². The second-order valence-electron chi connectivity index (χ2n) is 6.56. The van der Waals surface area contributed by atoms with E-state index in [1.165, 1.54) is 12.1 Å². The number of aryl methyl sites for hydroxylation is 2. The van der Waals surface area contributed by atoms with E-state index >= 15 is 0 Å². The minimum Gasteiger partial charge on any atom is -0.507 e. The molecule has 0 saturated carbocycles. The number of alkyl halides is 3. The number of nitrogens with zero attached hydrogens (tertiary/aromatic N) is 2. The normalized spacial score (nSPS) is 11.4. The SMILES string of the molecule is Br.Cc1ccc2c(O)cccc2n1.Cc1ccc2c(OS(=O)(=O)C(F)(F)F)cccc2n1. The first kappa shape index (κ1) is 25.3. The van der Waals surface area contributed by atoms with Gasteiger partial charge in [-0.2, -0.15) is 21.6 Å². The van der Waals surface area contributed by atoms with Crippen LogP contribution < -0.4 is 4.18 Å². The first-order valence-corrected chi connectivity index (χ1v) is 10.3. The van der Waals surface area contributed by atoms with E-state index in [1.807, 2.05) is 25.1 Å². The number of phenols is 1. The molecule has 0 saturated heterocycles. The molecule has 4 rings (SSSR count). The molecule has 170 valence electrons. The van der Waals surface area contributed by atoms with E-state index in [9.17, 15) is 26.7 Å². The molecule has 4 aromatic rings. The van der Waals surface area contributed by atoms with Gasteiger partial charge in [-0.1, -0.05) is 12.1 Å². The molecule has 0 aliphatic carbocycles. The van der Waals surface area contributed by atoms with Crippen LogP contribution in [0.25, 0.3) is 21.8 Å². The molecule has 2 aromatic heterocycles. The van der Waals surface area contributed by atoms with Crippen LogP contribution in [0.1, 0.15) is 11.4 Å². The minimum atomic E-state index is -5.68. The highest BCUT2D eigenvalue weighted by atomic mass is 79.9. The summed E-state index contributed by atoms with van der Waals surface area (Å²) in [4.78, 5) is 8.35. The van der Waals surface area contributed by atoms with Crippen molar-refractivity contribution >= 4 is 48.9 Å². The number of hydrogen-bond acceptors (Lipinski definition) is 6. The molecule has 11 heteroatoms. The van der Waals surface area contributed by atoms with Gasteiger partial charge < -0.3 is 9.29 Å². The second kappa shape index (κ2) is 9.70. The maximum Gasteiger partial charge on any atom is 0.534 e. The lowest BCUT2D eigenvalue weighted by Crippen LogP contribution is -2.28. The standard InChI is InChI=1S/C11H8F3NO3S.C10H9NO.BrH/c1-7-5-6-8-9(15-7)3-2-4-10(8)18-19(16,17)11(12,13)14;1-7-5-6-8-9(11-7)3-2-4-10(8)12;/h2-6H,1H3;2-6,12H,1H3;1H. The molecular weight excluding hydrogens is 513 g/mol. The molecule has 32 heavy (non-hydrogen) atoms. The molecule has 2 aromatic carbocycles.